The molecular formula is C15H17NO4. The van der Waals surface area contributed by atoms with Gasteiger partial charge in [0.2, 0.25) is 5.91 Å². The molecule has 1 aliphatic carbocycles. The second-order valence-electron chi connectivity index (χ2n) is 5.35. The van der Waals surface area contributed by atoms with Crippen LogP contribution in [0.15, 0.2) is 24.3 Å². The van der Waals surface area contributed by atoms with Gasteiger partial charge in [-0.25, -0.2) is 0 Å². The molecule has 5 nitrogen and oxygen atoms in total. The summed E-state index contributed by atoms with van der Waals surface area (Å²) in [6.07, 6.45) is 1.71. The van der Waals surface area contributed by atoms with Gasteiger partial charge in [-0.2, -0.15) is 0 Å². The number of nitrogens with zero attached hydrogens (tertiary/aromatic N) is 1. The van der Waals surface area contributed by atoms with Gasteiger partial charge in [0.05, 0.1) is 18.2 Å². The van der Waals surface area contributed by atoms with Gasteiger partial charge in [-0.3, -0.25) is 9.59 Å². The van der Waals surface area contributed by atoms with E-state index >= 15 is 0 Å². The first-order valence-corrected chi connectivity index (χ1v) is 6.93. The standard InChI is InChI=1S/C15H17NO4/c17-14(10-5-6-11(9-10)15(18)19)16-7-8-20-13-4-2-1-3-12(13)16/h1-4,10-11H,5-9H2,(H,18,19)/t10-,11+/m1/s1. The van der Waals surface area contributed by atoms with Crippen molar-refractivity contribution in [2.75, 3.05) is 18.1 Å². The number of fused-ring (bicyclic) bond motifs is 1. The summed E-state index contributed by atoms with van der Waals surface area (Å²) in [6.45, 7) is 1.02. The zero-order valence-electron chi connectivity index (χ0n) is 11.1. The van der Waals surface area contributed by atoms with Gasteiger partial charge in [-0.15, -0.1) is 0 Å². The van der Waals surface area contributed by atoms with Gasteiger partial charge >= 0.3 is 5.97 Å². The summed E-state index contributed by atoms with van der Waals surface area (Å²) >= 11 is 0. The Kier molecular flexibility index (Phi) is 3.34. The Hall–Kier alpha value is -2.04. The van der Waals surface area contributed by atoms with E-state index < -0.39 is 5.97 Å². The zero-order valence-corrected chi connectivity index (χ0v) is 11.1. The highest BCUT2D eigenvalue weighted by Gasteiger charge is 2.37. The topological polar surface area (TPSA) is 66.8 Å². The highest BCUT2D eigenvalue weighted by molar-refractivity contribution is 5.97. The summed E-state index contributed by atoms with van der Waals surface area (Å²) in [5.74, 6) is -0.588. The first-order valence-electron chi connectivity index (χ1n) is 6.93. The molecule has 0 spiro atoms. The number of ether oxygens (including phenoxy) is 1. The quantitative estimate of drug-likeness (QED) is 0.895. The van der Waals surface area contributed by atoms with Crippen molar-refractivity contribution in [1.29, 1.82) is 0 Å². The number of para-hydroxylation sites is 2. The van der Waals surface area contributed by atoms with Crippen LogP contribution in [0.5, 0.6) is 5.75 Å². The number of amides is 1. The van der Waals surface area contributed by atoms with Gasteiger partial charge in [0.1, 0.15) is 12.4 Å². The average Bonchev–Trinajstić information content (AvgIpc) is 2.96. The minimum Gasteiger partial charge on any atom is -0.490 e. The maximum absolute atomic E-state index is 12.6. The van der Waals surface area contributed by atoms with Crippen LogP contribution in [0.25, 0.3) is 0 Å². The van der Waals surface area contributed by atoms with E-state index in [0.717, 1.165) is 11.4 Å². The SMILES string of the molecule is O=C(O)[C@H]1CC[C@@H](C(=O)N2CCOc3ccccc32)C1. The van der Waals surface area contributed by atoms with Crippen LogP contribution in [0.4, 0.5) is 5.69 Å². The maximum atomic E-state index is 12.6. The Bertz CT molecular complexity index is 542. The molecule has 0 bridgehead atoms. The monoisotopic (exact) mass is 275 g/mol. The van der Waals surface area contributed by atoms with E-state index in [1.807, 2.05) is 24.3 Å². The van der Waals surface area contributed by atoms with Gasteiger partial charge in [0, 0.05) is 5.92 Å². The number of hydrogen-bond donors (Lipinski definition) is 1. The Labute approximate surface area is 117 Å². The van der Waals surface area contributed by atoms with Crippen LogP contribution >= 0.6 is 0 Å². The van der Waals surface area contributed by atoms with Crippen molar-refractivity contribution in [2.45, 2.75) is 19.3 Å². The largest absolute Gasteiger partial charge is 0.490 e. The molecule has 2 atom stereocenters. The highest BCUT2D eigenvalue weighted by atomic mass is 16.5. The fourth-order valence-electron chi connectivity index (χ4n) is 3.05. The van der Waals surface area contributed by atoms with Crippen molar-refractivity contribution >= 4 is 17.6 Å². The second-order valence-corrected chi connectivity index (χ2v) is 5.35. The molecule has 1 fully saturated rings. The number of carbonyl (C=O) groups is 2. The van der Waals surface area contributed by atoms with Gasteiger partial charge in [0.15, 0.2) is 0 Å². The highest BCUT2D eigenvalue weighted by Crippen LogP contribution is 2.37. The maximum Gasteiger partial charge on any atom is 0.306 e. The van der Waals surface area contributed by atoms with Crippen molar-refractivity contribution < 1.29 is 19.4 Å². The minimum absolute atomic E-state index is 0.0319. The normalized spacial score (nSPS) is 24.9. The fraction of sp³-hybridized carbons (Fsp3) is 0.467. The lowest BCUT2D eigenvalue weighted by Gasteiger charge is -2.31. The van der Waals surface area contributed by atoms with Crippen LogP contribution in [0, 0.1) is 11.8 Å². The number of aliphatic carboxylic acids is 1. The first-order chi connectivity index (χ1) is 9.66. The molecule has 2 aliphatic rings. The predicted octanol–water partition coefficient (Wildman–Crippen LogP) is 1.91. The van der Waals surface area contributed by atoms with Crippen LogP contribution in [0.2, 0.25) is 0 Å². The van der Waals surface area contributed by atoms with E-state index in [4.69, 9.17) is 9.84 Å². The average molecular weight is 275 g/mol. The van der Waals surface area contributed by atoms with Gasteiger partial charge in [0.25, 0.3) is 0 Å². The molecule has 20 heavy (non-hydrogen) atoms. The molecule has 0 aromatic heterocycles. The van der Waals surface area contributed by atoms with Crippen molar-refractivity contribution in [3.8, 4) is 5.75 Å². The molecular weight excluding hydrogens is 258 g/mol. The van der Waals surface area contributed by atoms with E-state index in [-0.39, 0.29) is 17.7 Å². The molecule has 1 amide bonds. The summed E-state index contributed by atoms with van der Waals surface area (Å²) in [5.41, 5.74) is 0.794. The molecule has 1 saturated carbocycles. The molecule has 5 heteroatoms. The first kappa shape index (κ1) is 13.0. The van der Waals surface area contributed by atoms with Crippen molar-refractivity contribution in [3.05, 3.63) is 24.3 Å². The lowest BCUT2D eigenvalue weighted by Crippen LogP contribution is -2.41. The van der Waals surface area contributed by atoms with Gasteiger partial charge < -0.3 is 14.7 Å². The van der Waals surface area contributed by atoms with E-state index in [2.05, 4.69) is 0 Å². The van der Waals surface area contributed by atoms with E-state index in [9.17, 15) is 9.59 Å². The molecule has 0 saturated heterocycles. The second kappa shape index (κ2) is 5.15. The van der Waals surface area contributed by atoms with E-state index in [0.29, 0.717) is 32.4 Å². The predicted molar refractivity (Wildman–Crippen MR) is 72.8 cm³/mol. The van der Waals surface area contributed by atoms with Gasteiger partial charge in [-0.1, -0.05) is 12.1 Å². The molecule has 1 aromatic carbocycles. The smallest absolute Gasteiger partial charge is 0.306 e. The lowest BCUT2D eigenvalue weighted by molar-refractivity contribution is -0.141. The molecule has 1 aromatic rings. The Morgan fingerprint density at radius 3 is 2.70 bits per heavy atom. The van der Waals surface area contributed by atoms with Crippen LogP contribution < -0.4 is 9.64 Å². The van der Waals surface area contributed by atoms with Crippen molar-refractivity contribution in [2.24, 2.45) is 11.8 Å². The number of carboxylic acids is 1. The molecule has 106 valence electrons. The number of benzene rings is 1. The Balaban J connectivity index is 1.78. The van der Waals surface area contributed by atoms with Crippen LogP contribution in [-0.2, 0) is 9.59 Å². The molecule has 1 heterocycles. The number of hydrogen-bond acceptors (Lipinski definition) is 3. The summed E-state index contributed by atoms with van der Waals surface area (Å²) < 4.78 is 5.54. The third kappa shape index (κ3) is 2.24. The van der Waals surface area contributed by atoms with E-state index in [1.165, 1.54) is 0 Å². The van der Waals surface area contributed by atoms with Crippen LogP contribution in [-0.4, -0.2) is 30.1 Å². The lowest BCUT2D eigenvalue weighted by atomic mass is 10.0. The van der Waals surface area contributed by atoms with Crippen LogP contribution in [0.3, 0.4) is 0 Å². The molecule has 3 rings (SSSR count). The summed E-state index contributed by atoms with van der Waals surface area (Å²) in [4.78, 5) is 25.4. The molecule has 0 unspecified atom stereocenters. The van der Waals surface area contributed by atoms with Crippen LogP contribution in [0.1, 0.15) is 19.3 Å². The minimum atomic E-state index is -0.789. The third-order valence-corrected chi connectivity index (χ3v) is 4.13. The number of carbonyl (C=O) groups excluding carboxylic acids is 1. The third-order valence-electron chi connectivity index (χ3n) is 4.13. The molecule has 1 aliphatic heterocycles. The summed E-state index contributed by atoms with van der Waals surface area (Å²) in [5, 5.41) is 9.04. The summed E-state index contributed by atoms with van der Waals surface area (Å²) in [6, 6.07) is 7.48. The van der Waals surface area contributed by atoms with Gasteiger partial charge in [-0.05, 0) is 31.4 Å². The van der Waals surface area contributed by atoms with Crippen molar-refractivity contribution in [1.82, 2.24) is 0 Å². The number of rotatable bonds is 2. The number of anilines is 1. The Morgan fingerprint density at radius 2 is 1.95 bits per heavy atom. The zero-order chi connectivity index (χ0) is 14.1. The fourth-order valence-corrected chi connectivity index (χ4v) is 3.05. The molecule has 1 N–H and O–H groups in total. The summed E-state index contributed by atoms with van der Waals surface area (Å²) in [7, 11) is 0. The van der Waals surface area contributed by atoms with E-state index in [1.54, 1.807) is 4.90 Å². The Morgan fingerprint density at radius 1 is 1.20 bits per heavy atom. The van der Waals surface area contributed by atoms with Crippen molar-refractivity contribution in [3.63, 3.8) is 0 Å². The number of carboxylic acid groups (broad SMARTS) is 1. The molecule has 0 radical (unpaired) electrons.